The summed E-state index contributed by atoms with van der Waals surface area (Å²) in [5, 5.41) is 0. The molecule has 1 atom stereocenters. The van der Waals surface area contributed by atoms with Gasteiger partial charge in [0.05, 0.1) is 0 Å². The Balaban J connectivity index is 3.72. The molecule has 3 heteroatoms. The SMILES string of the molecule is C#CB(I)P(C)C#C. The minimum absolute atomic E-state index is 0.243. The van der Waals surface area contributed by atoms with Gasteiger partial charge in [-0.3, -0.25) is 0 Å². The average molecular weight is 234 g/mol. The summed E-state index contributed by atoms with van der Waals surface area (Å²) in [7, 11) is -0.361. The lowest BCUT2D eigenvalue weighted by molar-refractivity contribution is 2.44. The highest BCUT2D eigenvalue weighted by Crippen LogP contribution is 2.34. The fourth-order valence-electron chi connectivity index (χ4n) is 0.177. The van der Waals surface area contributed by atoms with Crippen molar-refractivity contribution in [2.45, 2.75) is 0 Å². The largest absolute Gasteiger partial charge is 0.339 e. The van der Waals surface area contributed by atoms with Gasteiger partial charge in [0.2, 0.25) is 0 Å². The molecule has 0 saturated carbocycles. The number of hydrogen-bond donors (Lipinski definition) is 0. The Bertz CT molecular complexity index is 125. The lowest BCUT2D eigenvalue weighted by atomic mass is 10.2. The minimum atomic E-state index is -0.361. The van der Waals surface area contributed by atoms with Crippen LogP contribution in [0.1, 0.15) is 0 Å². The van der Waals surface area contributed by atoms with Crippen LogP contribution in [0, 0.1) is 24.3 Å². The average Bonchev–Trinajstić information content (AvgIpc) is 1.84. The second-order valence-electron chi connectivity index (χ2n) is 1.24. The van der Waals surface area contributed by atoms with E-state index in [1.165, 1.54) is 0 Å². The van der Waals surface area contributed by atoms with Crippen LogP contribution in [0.25, 0.3) is 0 Å². The highest BCUT2D eigenvalue weighted by atomic mass is 127. The van der Waals surface area contributed by atoms with E-state index in [0.717, 1.165) is 0 Å². The van der Waals surface area contributed by atoms with Crippen LogP contribution < -0.4 is 0 Å². The molecule has 0 aromatic rings. The topological polar surface area (TPSA) is 0 Å². The molecule has 0 heterocycles. The number of halogens is 1. The fourth-order valence-corrected chi connectivity index (χ4v) is 1.01. The zero-order valence-corrected chi connectivity index (χ0v) is 7.61. The van der Waals surface area contributed by atoms with Crippen LogP contribution in [-0.4, -0.2) is 11.0 Å². The highest BCUT2D eigenvalue weighted by molar-refractivity contribution is 14.1. The Morgan fingerprint density at radius 3 is 2.25 bits per heavy atom. The van der Waals surface area contributed by atoms with Gasteiger partial charge in [-0.15, -0.1) is 41.0 Å². The summed E-state index contributed by atoms with van der Waals surface area (Å²) in [5.74, 6) is 2.59. The zero-order valence-electron chi connectivity index (χ0n) is 4.56. The maximum atomic E-state index is 5.13. The van der Waals surface area contributed by atoms with E-state index >= 15 is 0 Å². The molecular formula is C5H5BIP. The van der Waals surface area contributed by atoms with Gasteiger partial charge in [-0.25, -0.2) is 0 Å². The first-order valence-corrected chi connectivity index (χ1v) is 5.12. The van der Waals surface area contributed by atoms with E-state index in [-0.39, 0.29) is 12.1 Å². The number of terminal acetylenes is 2. The summed E-state index contributed by atoms with van der Waals surface area (Å²) in [6.07, 6.45) is 10.2. The third-order valence-corrected chi connectivity index (χ3v) is 4.78. The molecule has 0 bridgehead atoms. The van der Waals surface area contributed by atoms with Gasteiger partial charge in [0.25, 0.3) is 0 Å². The molecule has 0 nitrogen and oxygen atoms in total. The van der Waals surface area contributed by atoms with Gasteiger partial charge in [-0.1, -0.05) is 5.66 Å². The number of hydrogen-bond acceptors (Lipinski definition) is 0. The monoisotopic (exact) mass is 234 g/mol. The molecule has 0 aliphatic heterocycles. The van der Waals surface area contributed by atoms with Gasteiger partial charge in [-0.2, -0.15) is 0 Å². The van der Waals surface area contributed by atoms with Gasteiger partial charge >= 0.3 is 4.29 Å². The maximum Gasteiger partial charge on any atom is 0.339 e. The summed E-state index contributed by atoms with van der Waals surface area (Å²) in [5.41, 5.74) is 2.63. The van der Waals surface area contributed by atoms with Crippen LogP contribution in [-0.2, 0) is 0 Å². The molecule has 0 aliphatic carbocycles. The Kier molecular flexibility index (Phi) is 4.43. The summed E-state index contributed by atoms with van der Waals surface area (Å²) < 4.78 is 0.243. The van der Waals surface area contributed by atoms with E-state index in [2.05, 4.69) is 33.9 Å². The van der Waals surface area contributed by atoms with Crippen molar-refractivity contribution in [1.29, 1.82) is 0 Å². The van der Waals surface area contributed by atoms with Crippen molar-refractivity contribution in [2.75, 3.05) is 6.66 Å². The smallest absolute Gasteiger partial charge is 0.136 e. The zero-order chi connectivity index (χ0) is 6.57. The van der Waals surface area contributed by atoms with E-state index in [1.807, 2.05) is 6.66 Å². The molecule has 0 fully saturated rings. The fraction of sp³-hybridized carbons (Fsp3) is 0.200. The summed E-state index contributed by atoms with van der Waals surface area (Å²) in [6, 6.07) is 0. The third-order valence-electron chi connectivity index (χ3n) is 0.681. The van der Waals surface area contributed by atoms with E-state index in [0.29, 0.717) is 0 Å². The number of rotatable bonds is 1. The standard InChI is InChI=1S/C5H5BIP/c1-4-6(7)8(3)5-2/h1-2H,3H3. The first-order valence-electron chi connectivity index (χ1n) is 2.01. The van der Waals surface area contributed by atoms with Gasteiger partial charge < -0.3 is 0 Å². The van der Waals surface area contributed by atoms with E-state index in [1.54, 1.807) is 0 Å². The molecular weight excluding hydrogens is 229 g/mol. The molecule has 0 aromatic carbocycles. The normalized spacial score (nSPS) is 11.0. The third kappa shape index (κ3) is 2.60. The molecule has 0 aromatic heterocycles. The molecule has 0 amide bonds. The molecule has 0 radical (unpaired) electrons. The van der Waals surface area contributed by atoms with Crippen LogP contribution >= 0.6 is 30.2 Å². The van der Waals surface area contributed by atoms with E-state index < -0.39 is 0 Å². The van der Waals surface area contributed by atoms with Gasteiger partial charge in [0, 0.05) is 0 Å². The lowest BCUT2D eigenvalue weighted by Crippen LogP contribution is -1.92. The van der Waals surface area contributed by atoms with Crippen molar-refractivity contribution in [2.24, 2.45) is 0 Å². The molecule has 0 aliphatic rings. The van der Waals surface area contributed by atoms with Crippen molar-refractivity contribution < 1.29 is 0 Å². The van der Waals surface area contributed by atoms with Crippen LogP contribution in [0.2, 0.25) is 0 Å². The Labute approximate surface area is 65.5 Å². The molecule has 0 rings (SSSR count). The van der Waals surface area contributed by atoms with Crippen molar-refractivity contribution in [1.82, 2.24) is 0 Å². The molecule has 0 N–H and O–H groups in total. The Morgan fingerprint density at radius 2 is 2.12 bits per heavy atom. The van der Waals surface area contributed by atoms with Crippen molar-refractivity contribution in [3.05, 3.63) is 0 Å². The van der Waals surface area contributed by atoms with Gasteiger partial charge in [0.1, 0.15) is 0 Å². The first kappa shape index (κ1) is 8.34. The lowest BCUT2D eigenvalue weighted by Gasteiger charge is -1.98. The highest BCUT2D eigenvalue weighted by Gasteiger charge is 2.11. The van der Waals surface area contributed by atoms with Crippen LogP contribution in [0.3, 0.4) is 0 Å². The molecule has 40 valence electrons. The molecule has 1 unspecified atom stereocenters. The van der Waals surface area contributed by atoms with Crippen LogP contribution in [0.4, 0.5) is 0 Å². The van der Waals surface area contributed by atoms with Gasteiger partial charge in [-0.05, 0) is 14.5 Å². The summed E-state index contributed by atoms with van der Waals surface area (Å²) in [4.78, 5) is 0. The quantitative estimate of drug-likeness (QED) is 0.280. The second-order valence-corrected chi connectivity index (χ2v) is 5.47. The Hall–Kier alpha value is 0.345. The molecule has 8 heavy (non-hydrogen) atoms. The molecule has 0 spiro atoms. The maximum absolute atomic E-state index is 5.13. The van der Waals surface area contributed by atoms with Gasteiger partial charge in [0.15, 0.2) is 0 Å². The van der Waals surface area contributed by atoms with Crippen molar-refractivity contribution in [3.63, 3.8) is 0 Å². The first-order chi connectivity index (χ1) is 3.72. The summed E-state index contributed by atoms with van der Waals surface area (Å²) in [6.45, 7) is 2.01. The second kappa shape index (κ2) is 4.25. The minimum Gasteiger partial charge on any atom is -0.136 e. The van der Waals surface area contributed by atoms with E-state index in [9.17, 15) is 0 Å². The molecule has 0 saturated heterocycles. The van der Waals surface area contributed by atoms with E-state index in [4.69, 9.17) is 12.8 Å². The van der Waals surface area contributed by atoms with Crippen molar-refractivity contribution >= 4 is 34.5 Å². The predicted octanol–water partition coefficient (Wildman–Crippen LogP) is 1.78. The summed E-state index contributed by atoms with van der Waals surface area (Å²) >= 11 is 2.18. The van der Waals surface area contributed by atoms with Crippen LogP contribution in [0.5, 0.6) is 0 Å². The van der Waals surface area contributed by atoms with Crippen molar-refractivity contribution in [3.8, 4) is 24.3 Å². The van der Waals surface area contributed by atoms with Crippen LogP contribution in [0.15, 0.2) is 0 Å². The Morgan fingerprint density at radius 1 is 1.62 bits per heavy atom. The predicted molar refractivity (Wildman–Crippen MR) is 50.3 cm³/mol.